The molecule has 1 N–H and O–H groups in total. The summed E-state index contributed by atoms with van der Waals surface area (Å²) in [5.41, 5.74) is 0.443. The van der Waals surface area contributed by atoms with E-state index in [1.54, 1.807) is 24.3 Å². The molecule has 7 heteroatoms. The fourth-order valence-electron chi connectivity index (χ4n) is 2.50. The third kappa shape index (κ3) is 5.77. The first-order chi connectivity index (χ1) is 12.8. The van der Waals surface area contributed by atoms with Crippen LogP contribution >= 0.6 is 0 Å². The van der Waals surface area contributed by atoms with Crippen molar-refractivity contribution >= 4 is 23.2 Å². The van der Waals surface area contributed by atoms with Crippen LogP contribution in [0.1, 0.15) is 27.2 Å². The zero-order valence-electron chi connectivity index (χ0n) is 15.5. The zero-order valence-corrected chi connectivity index (χ0v) is 15.5. The molecule has 5 nitrogen and oxygen atoms in total. The van der Waals surface area contributed by atoms with Gasteiger partial charge in [0.15, 0.2) is 0 Å². The SMILES string of the molecule is CC(=O)N(CCC(=O)Nc1ccc(F)cc1F)c1ccccc1OC(C)C. The molecular weight excluding hydrogens is 354 g/mol. The molecule has 2 rings (SSSR count). The number of carbonyl (C=O) groups excluding carboxylic acids is 2. The summed E-state index contributed by atoms with van der Waals surface area (Å²) in [5.74, 6) is -1.80. The molecule has 0 atom stereocenters. The van der Waals surface area contributed by atoms with E-state index < -0.39 is 17.5 Å². The van der Waals surface area contributed by atoms with Gasteiger partial charge in [0, 0.05) is 26.0 Å². The molecule has 0 heterocycles. The van der Waals surface area contributed by atoms with Gasteiger partial charge in [0.2, 0.25) is 11.8 Å². The third-order valence-electron chi connectivity index (χ3n) is 3.67. The lowest BCUT2D eigenvalue weighted by Crippen LogP contribution is -2.32. The molecule has 2 aromatic rings. The topological polar surface area (TPSA) is 58.6 Å². The van der Waals surface area contributed by atoms with Crippen molar-refractivity contribution in [2.45, 2.75) is 33.3 Å². The van der Waals surface area contributed by atoms with Gasteiger partial charge in [-0.3, -0.25) is 9.59 Å². The summed E-state index contributed by atoms with van der Waals surface area (Å²) in [6, 6.07) is 9.94. The lowest BCUT2D eigenvalue weighted by atomic mass is 10.2. The average Bonchev–Trinajstić information content (AvgIpc) is 2.58. The average molecular weight is 376 g/mol. The summed E-state index contributed by atoms with van der Waals surface area (Å²) < 4.78 is 32.3. The summed E-state index contributed by atoms with van der Waals surface area (Å²) in [6.45, 7) is 5.23. The van der Waals surface area contributed by atoms with E-state index in [-0.39, 0.29) is 30.7 Å². The van der Waals surface area contributed by atoms with E-state index in [4.69, 9.17) is 4.74 Å². The number of nitrogens with zero attached hydrogens (tertiary/aromatic N) is 1. The maximum atomic E-state index is 13.6. The minimum Gasteiger partial charge on any atom is -0.489 e. The predicted molar refractivity (Wildman–Crippen MR) is 99.8 cm³/mol. The van der Waals surface area contributed by atoms with Crippen molar-refractivity contribution in [2.75, 3.05) is 16.8 Å². The van der Waals surface area contributed by atoms with Crippen LogP contribution in [0.3, 0.4) is 0 Å². The normalized spacial score (nSPS) is 10.6. The van der Waals surface area contributed by atoms with Crippen molar-refractivity contribution in [2.24, 2.45) is 0 Å². The van der Waals surface area contributed by atoms with Crippen LogP contribution in [0.25, 0.3) is 0 Å². The second-order valence-electron chi connectivity index (χ2n) is 6.23. The van der Waals surface area contributed by atoms with Gasteiger partial charge in [0.1, 0.15) is 17.4 Å². The summed E-state index contributed by atoms with van der Waals surface area (Å²) in [7, 11) is 0. The number of carbonyl (C=O) groups is 2. The smallest absolute Gasteiger partial charge is 0.226 e. The first-order valence-electron chi connectivity index (χ1n) is 8.56. The van der Waals surface area contributed by atoms with Crippen molar-refractivity contribution in [3.05, 3.63) is 54.1 Å². The minimum absolute atomic E-state index is 0.0631. The van der Waals surface area contributed by atoms with Crippen molar-refractivity contribution < 1.29 is 23.1 Å². The van der Waals surface area contributed by atoms with E-state index in [9.17, 15) is 18.4 Å². The van der Waals surface area contributed by atoms with Gasteiger partial charge in [0.25, 0.3) is 0 Å². The highest BCUT2D eigenvalue weighted by molar-refractivity contribution is 5.95. The van der Waals surface area contributed by atoms with Gasteiger partial charge in [-0.2, -0.15) is 0 Å². The van der Waals surface area contributed by atoms with E-state index in [2.05, 4.69) is 5.32 Å². The van der Waals surface area contributed by atoms with Crippen LogP contribution in [-0.2, 0) is 9.59 Å². The van der Waals surface area contributed by atoms with E-state index in [1.165, 1.54) is 11.8 Å². The highest BCUT2D eigenvalue weighted by Gasteiger charge is 2.18. The number of anilines is 2. The molecule has 0 bridgehead atoms. The van der Waals surface area contributed by atoms with E-state index in [0.717, 1.165) is 12.1 Å². The molecule has 0 aliphatic carbocycles. The Balaban J connectivity index is 2.09. The second-order valence-corrected chi connectivity index (χ2v) is 6.23. The lowest BCUT2D eigenvalue weighted by Gasteiger charge is -2.24. The highest BCUT2D eigenvalue weighted by atomic mass is 19.1. The minimum atomic E-state index is -0.859. The Morgan fingerprint density at radius 1 is 1.15 bits per heavy atom. The maximum Gasteiger partial charge on any atom is 0.226 e. The summed E-state index contributed by atoms with van der Waals surface area (Å²) in [6.07, 6.45) is -0.142. The van der Waals surface area contributed by atoms with Gasteiger partial charge in [-0.05, 0) is 38.1 Å². The molecule has 0 radical (unpaired) electrons. The van der Waals surface area contributed by atoms with Crippen LogP contribution in [0.2, 0.25) is 0 Å². The molecule has 0 unspecified atom stereocenters. The monoisotopic (exact) mass is 376 g/mol. The Kier molecular flexibility index (Phi) is 6.87. The molecule has 0 saturated heterocycles. The number of benzene rings is 2. The van der Waals surface area contributed by atoms with Crippen molar-refractivity contribution in [3.8, 4) is 5.75 Å². The van der Waals surface area contributed by atoms with Crippen LogP contribution in [-0.4, -0.2) is 24.5 Å². The van der Waals surface area contributed by atoms with E-state index in [1.807, 2.05) is 13.8 Å². The zero-order chi connectivity index (χ0) is 20.0. The molecule has 0 aromatic heterocycles. The number of nitrogens with one attached hydrogen (secondary N) is 1. The molecular formula is C20H22F2N2O3. The number of rotatable bonds is 7. The van der Waals surface area contributed by atoms with Crippen LogP contribution in [0, 0.1) is 11.6 Å². The summed E-state index contributed by atoms with van der Waals surface area (Å²) in [4.78, 5) is 25.6. The van der Waals surface area contributed by atoms with Gasteiger partial charge >= 0.3 is 0 Å². The number of hydrogen-bond donors (Lipinski definition) is 1. The number of halogens is 2. The quantitative estimate of drug-likeness (QED) is 0.790. The Morgan fingerprint density at radius 2 is 1.85 bits per heavy atom. The number of para-hydroxylation sites is 2. The Labute approximate surface area is 156 Å². The van der Waals surface area contributed by atoms with Crippen molar-refractivity contribution in [1.82, 2.24) is 0 Å². The molecule has 2 amide bonds. The summed E-state index contributed by atoms with van der Waals surface area (Å²) in [5, 5.41) is 2.38. The molecule has 0 fully saturated rings. The van der Waals surface area contributed by atoms with Crippen LogP contribution in [0.4, 0.5) is 20.2 Å². The first kappa shape index (κ1) is 20.4. The highest BCUT2D eigenvalue weighted by Crippen LogP contribution is 2.29. The van der Waals surface area contributed by atoms with Crippen LogP contribution in [0.15, 0.2) is 42.5 Å². The van der Waals surface area contributed by atoms with Crippen molar-refractivity contribution in [1.29, 1.82) is 0 Å². The predicted octanol–water partition coefficient (Wildman–Crippen LogP) is 4.13. The van der Waals surface area contributed by atoms with E-state index >= 15 is 0 Å². The lowest BCUT2D eigenvalue weighted by molar-refractivity contribution is -0.117. The van der Waals surface area contributed by atoms with Crippen LogP contribution in [0.5, 0.6) is 5.75 Å². The van der Waals surface area contributed by atoms with Gasteiger partial charge in [0.05, 0.1) is 17.5 Å². The van der Waals surface area contributed by atoms with Crippen LogP contribution < -0.4 is 15.0 Å². The Morgan fingerprint density at radius 3 is 2.48 bits per heavy atom. The van der Waals surface area contributed by atoms with Gasteiger partial charge in [-0.1, -0.05) is 12.1 Å². The van der Waals surface area contributed by atoms with Gasteiger partial charge in [-0.15, -0.1) is 0 Å². The molecule has 0 aliphatic rings. The fourth-order valence-corrected chi connectivity index (χ4v) is 2.50. The summed E-state index contributed by atoms with van der Waals surface area (Å²) >= 11 is 0. The van der Waals surface area contributed by atoms with E-state index in [0.29, 0.717) is 17.5 Å². The molecule has 0 aliphatic heterocycles. The number of ether oxygens (including phenoxy) is 1. The molecule has 0 spiro atoms. The fraction of sp³-hybridized carbons (Fsp3) is 0.300. The Bertz CT molecular complexity index is 825. The van der Waals surface area contributed by atoms with Gasteiger partial charge in [-0.25, -0.2) is 8.78 Å². The van der Waals surface area contributed by atoms with Crippen molar-refractivity contribution in [3.63, 3.8) is 0 Å². The maximum absolute atomic E-state index is 13.6. The Hall–Kier alpha value is -2.96. The molecule has 144 valence electrons. The molecule has 27 heavy (non-hydrogen) atoms. The molecule has 2 aromatic carbocycles. The standard InChI is InChI=1S/C20H22F2N2O3/c1-13(2)27-19-7-5-4-6-18(19)24(14(3)25)11-10-20(26)23-17-9-8-15(21)12-16(17)22/h4-9,12-13H,10-11H2,1-3H3,(H,23,26). The first-order valence-corrected chi connectivity index (χ1v) is 8.56. The molecule has 0 saturated carbocycles. The largest absolute Gasteiger partial charge is 0.489 e. The number of hydrogen-bond acceptors (Lipinski definition) is 3. The second kappa shape index (κ2) is 9.12. The number of amides is 2. The van der Waals surface area contributed by atoms with Gasteiger partial charge < -0.3 is 15.0 Å². The third-order valence-corrected chi connectivity index (χ3v) is 3.67.